The van der Waals surface area contributed by atoms with E-state index in [1.165, 1.54) is 0 Å². The highest BCUT2D eigenvalue weighted by molar-refractivity contribution is 4.89. The zero-order valence-electron chi connectivity index (χ0n) is 7.42. The van der Waals surface area contributed by atoms with Crippen molar-refractivity contribution in [2.75, 3.05) is 7.05 Å². The van der Waals surface area contributed by atoms with E-state index in [1.807, 2.05) is 6.92 Å². The van der Waals surface area contributed by atoms with Crippen molar-refractivity contribution in [3.05, 3.63) is 11.8 Å². The fourth-order valence-corrected chi connectivity index (χ4v) is 0.978. The minimum atomic E-state index is -2.70. The second-order valence-electron chi connectivity index (χ2n) is 2.53. The normalized spacial score (nSPS) is 13.6. The van der Waals surface area contributed by atoms with Crippen LogP contribution in [-0.4, -0.2) is 17.2 Å². The summed E-state index contributed by atoms with van der Waals surface area (Å²) in [5.41, 5.74) is 0. The molecular formula is C7H11F2N3O. The average molecular weight is 191 g/mol. The molecule has 0 aliphatic heterocycles. The van der Waals surface area contributed by atoms with Crippen molar-refractivity contribution in [1.82, 2.24) is 15.5 Å². The maximum absolute atomic E-state index is 12.0. The molecule has 1 atom stereocenters. The predicted molar refractivity (Wildman–Crippen MR) is 41.3 cm³/mol. The van der Waals surface area contributed by atoms with Gasteiger partial charge in [-0.15, -0.1) is 10.2 Å². The second-order valence-corrected chi connectivity index (χ2v) is 2.53. The molecule has 0 fully saturated rings. The first-order chi connectivity index (χ1) is 6.19. The number of alkyl halides is 2. The Hall–Kier alpha value is -1.04. The molecule has 1 N–H and O–H groups in total. The van der Waals surface area contributed by atoms with Crippen molar-refractivity contribution < 1.29 is 13.2 Å². The molecule has 74 valence electrons. The van der Waals surface area contributed by atoms with E-state index in [1.54, 1.807) is 7.05 Å². The largest absolute Gasteiger partial charge is 0.418 e. The Bertz CT molecular complexity index is 260. The van der Waals surface area contributed by atoms with Crippen molar-refractivity contribution in [3.63, 3.8) is 0 Å². The first-order valence-corrected chi connectivity index (χ1v) is 3.97. The molecular weight excluding hydrogens is 180 g/mol. The molecule has 0 saturated heterocycles. The Morgan fingerprint density at radius 3 is 2.38 bits per heavy atom. The van der Waals surface area contributed by atoms with Crippen LogP contribution in [0, 0.1) is 0 Å². The maximum Gasteiger partial charge on any atom is 0.314 e. The van der Waals surface area contributed by atoms with E-state index in [2.05, 4.69) is 15.5 Å². The van der Waals surface area contributed by atoms with Gasteiger partial charge >= 0.3 is 6.43 Å². The van der Waals surface area contributed by atoms with Crippen LogP contribution in [0.2, 0.25) is 0 Å². The molecule has 0 saturated carbocycles. The number of halogens is 2. The minimum absolute atomic E-state index is 0.153. The summed E-state index contributed by atoms with van der Waals surface area (Å²) < 4.78 is 28.8. The molecule has 4 nitrogen and oxygen atoms in total. The van der Waals surface area contributed by atoms with E-state index in [9.17, 15) is 8.78 Å². The fraction of sp³-hybridized carbons (Fsp3) is 0.714. The quantitative estimate of drug-likeness (QED) is 0.786. The summed E-state index contributed by atoms with van der Waals surface area (Å²) in [4.78, 5) is 0. The third-order valence-electron chi connectivity index (χ3n) is 1.70. The Morgan fingerprint density at radius 2 is 2.00 bits per heavy atom. The summed E-state index contributed by atoms with van der Waals surface area (Å²) in [6.45, 7) is 1.90. The highest BCUT2D eigenvalue weighted by atomic mass is 19.3. The van der Waals surface area contributed by atoms with Gasteiger partial charge in [0.2, 0.25) is 5.89 Å². The standard InChI is InChI=1S/C7H11F2N3O/c1-3-4(10-2)6-11-12-7(13-6)5(8)9/h4-5,10H,3H2,1-2H3. The zero-order valence-corrected chi connectivity index (χ0v) is 7.42. The van der Waals surface area contributed by atoms with Gasteiger partial charge in [-0.25, -0.2) is 0 Å². The highest BCUT2D eigenvalue weighted by Crippen LogP contribution is 2.20. The lowest BCUT2D eigenvalue weighted by molar-refractivity contribution is 0.112. The maximum atomic E-state index is 12.0. The Labute approximate surface area is 74.3 Å². The molecule has 1 rings (SSSR count). The molecule has 0 bridgehead atoms. The van der Waals surface area contributed by atoms with E-state index in [4.69, 9.17) is 4.42 Å². The third-order valence-corrected chi connectivity index (χ3v) is 1.70. The van der Waals surface area contributed by atoms with Crippen LogP contribution in [-0.2, 0) is 0 Å². The van der Waals surface area contributed by atoms with Crippen molar-refractivity contribution >= 4 is 0 Å². The SMILES string of the molecule is CCC(NC)c1nnc(C(F)F)o1. The second kappa shape index (κ2) is 4.27. The summed E-state index contributed by atoms with van der Waals surface area (Å²) in [5, 5.41) is 9.63. The van der Waals surface area contributed by atoms with Gasteiger partial charge in [0.05, 0.1) is 6.04 Å². The molecule has 0 amide bonds. The minimum Gasteiger partial charge on any atom is -0.418 e. The first-order valence-electron chi connectivity index (χ1n) is 3.97. The predicted octanol–water partition coefficient (Wildman–Crippen LogP) is 1.68. The topological polar surface area (TPSA) is 51.0 Å². The van der Waals surface area contributed by atoms with E-state index >= 15 is 0 Å². The zero-order chi connectivity index (χ0) is 9.84. The van der Waals surface area contributed by atoms with Crippen molar-refractivity contribution in [2.45, 2.75) is 25.8 Å². The van der Waals surface area contributed by atoms with E-state index in [0.29, 0.717) is 6.42 Å². The van der Waals surface area contributed by atoms with Crippen LogP contribution in [0.3, 0.4) is 0 Å². The van der Waals surface area contributed by atoms with E-state index in [-0.39, 0.29) is 11.9 Å². The van der Waals surface area contributed by atoms with E-state index < -0.39 is 12.3 Å². The number of nitrogens with one attached hydrogen (secondary N) is 1. The van der Waals surface area contributed by atoms with Gasteiger partial charge in [0.1, 0.15) is 0 Å². The third kappa shape index (κ3) is 2.21. The Morgan fingerprint density at radius 1 is 1.38 bits per heavy atom. The molecule has 0 aromatic carbocycles. The van der Waals surface area contributed by atoms with Crippen molar-refractivity contribution in [2.24, 2.45) is 0 Å². The van der Waals surface area contributed by atoms with Crippen LogP contribution in [0.5, 0.6) is 0 Å². The van der Waals surface area contributed by atoms with Gasteiger partial charge in [-0.1, -0.05) is 6.92 Å². The van der Waals surface area contributed by atoms with Crippen LogP contribution >= 0.6 is 0 Å². The molecule has 1 aromatic rings. The van der Waals surface area contributed by atoms with E-state index in [0.717, 1.165) is 0 Å². The molecule has 1 aromatic heterocycles. The smallest absolute Gasteiger partial charge is 0.314 e. The summed E-state index contributed by atoms with van der Waals surface area (Å²) in [7, 11) is 1.71. The van der Waals surface area contributed by atoms with Gasteiger partial charge in [-0.3, -0.25) is 0 Å². The molecule has 0 aliphatic rings. The first kappa shape index (κ1) is 10.0. The summed E-state index contributed by atoms with van der Waals surface area (Å²) >= 11 is 0. The van der Waals surface area contributed by atoms with Gasteiger partial charge in [-0.2, -0.15) is 8.78 Å². The lowest BCUT2D eigenvalue weighted by Crippen LogP contribution is -2.15. The number of aromatic nitrogens is 2. The Balaban J connectivity index is 2.78. The summed E-state index contributed by atoms with van der Waals surface area (Å²) in [6.07, 6.45) is -1.99. The van der Waals surface area contributed by atoms with Gasteiger partial charge < -0.3 is 9.73 Å². The monoisotopic (exact) mass is 191 g/mol. The van der Waals surface area contributed by atoms with Crippen LogP contribution in [0.1, 0.15) is 37.6 Å². The van der Waals surface area contributed by atoms with Gasteiger partial charge in [0, 0.05) is 0 Å². The van der Waals surface area contributed by atoms with Crippen LogP contribution in [0.4, 0.5) is 8.78 Å². The molecule has 1 heterocycles. The van der Waals surface area contributed by atoms with Gasteiger partial charge in [0.15, 0.2) is 0 Å². The molecule has 6 heteroatoms. The van der Waals surface area contributed by atoms with Crippen LogP contribution < -0.4 is 5.32 Å². The summed E-state index contributed by atoms with van der Waals surface area (Å²) in [6, 6.07) is -0.153. The van der Waals surface area contributed by atoms with Crippen molar-refractivity contribution in [3.8, 4) is 0 Å². The molecule has 13 heavy (non-hydrogen) atoms. The lowest BCUT2D eigenvalue weighted by Gasteiger charge is -2.06. The number of hydrogen-bond donors (Lipinski definition) is 1. The molecule has 0 spiro atoms. The van der Waals surface area contributed by atoms with Crippen LogP contribution in [0.25, 0.3) is 0 Å². The lowest BCUT2D eigenvalue weighted by atomic mass is 10.2. The van der Waals surface area contributed by atoms with Gasteiger partial charge in [0.25, 0.3) is 5.89 Å². The highest BCUT2D eigenvalue weighted by Gasteiger charge is 2.19. The average Bonchev–Trinajstić information content (AvgIpc) is 2.56. The summed E-state index contributed by atoms with van der Waals surface area (Å²) in [5.74, 6) is -0.413. The molecule has 0 aliphatic carbocycles. The van der Waals surface area contributed by atoms with Crippen molar-refractivity contribution in [1.29, 1.82) is 0 Å². The van der Waals surface area contributed by atoms with Crippen LogP contribution in [0.15, 0.2) is 4.42 Å². The molecule has 1 unspecified atom stereocenters. The Kier molecular flexibility index (Phi) is 3.30. The fourth-order valence-electron chi connectivity index (χ4n) is 0.978. The molecule has 0 radical (unpaired) electrons. The number of hydrogen-bond acceptors (Lipinski definition) is 4. The number of nitrogens with zero attached hydrogens (tertiary/aromatic N) is 2. The number of rotatable bonds is 4. The van der Waals surface area contributed by atoms with Gasteiger partial charge in [-0.05, 0) is 13.5 Å².